The van der Waals surface area contributed by atoms with Crippen LogP contribution in [-0.2, 0) is 43.4 Å². The number of unbranched alkanes of at least 4 members (excludes halogenated alkanes) is 1. The van der Waals surface area contributed by atoms with Gasteiger partial charge in [-0.25, -0.2) is 4.98 Å². The van der Waals surface area contributed by atoms with Crippen LogP contribution in [0.5, 0.6) is 5.75 Å². The summed E-state index contributed by atoms with van der Waals surface area (Å²) in [4.78, 5) is 19.0. The third kappa shape index (κ3) is 10.2. The predicted molar refractivity (Wildman–Crippen MR) is 195 cm³/mol. The van der Waals surface area contributed by atoms with Gasteiger partial charge in [0.2, 0.25) is 5.91 Å². The van der Waals surface area contributed by atoms with E-state index in [1.165, 1.54) is 0 Å². The Labute approximate surface area is 290 Å². The molecule has 0 aliphatic heterocycles. The highest BCUT2D eigenvalue weighted by molar-refractivity contribution is 7.85. The summed E-state index contributed by atoms with van der Waals surface area (Å²) in [6.45, 7) is 14.6. The van der Waals surface area contributed by atoms with Crippen molar-refractivity contribution in [1.82, 2.24) is 9.55 Å². The fourth-order valence-corrected chi connectivity index (χ4v) is 7.76. The summed E-state index contributed by atoms with van der Waals surface area (Å²) in [5.41, 5.74) is 5.37. The Balaban J connectivity index is 1.41. The molecule has 0 bridgehead atoms. The zero-order chi connectivity index (χ0) is 34.6. The van der Waals surface area contributed by atoms with Crippen molar-refractivity contribution in [3.8, 4) is 16.9 Å². The first-order valence-electron chi connectivity index (χ1n) is 16.8. The van der Waals surface area contributed by atoms with Crippen molar-refractivity contribution in [2.24, 2.45) is 0 Å². The highest BCUT2D eigenvalue weighted by Gasteiger charge is 2.21. The molecule has 3 aromatic carbocycles. The Hall–Kier alpha value is -3.60. The second-order valence-corrected chi connectivity index (χ2v) is 15.6. The van der Waals surface area contributed by atoms with E-state index in [-0.39, 0.29) is 23.5 Å². The third-order valence-electron chi connectivity index (χ3n) is 8.17. The molecule has 0 aliphatic rings. The average molecular weight is 692 g/mol. The van der Waals surface area contributed by atoms with Gasteiger partial charge < -0.3 is 19.4 Å². The Morgan fingerprint density at radius 1 is 0.917 bits per heavy atom. The summed E-state index contributed by atoms with van der Waals surface area (Å²) < 4.78 is 39.8. The van der Waals surface area contributed by atoms with Gasteiger partial charge in [0.15, 0.2) is 0 Å². The van der Waals surface area contributed by atoms with Crippen molar-refractivity contribution in [2.75, 3.05) is 25.1 Å². The largest absolute Gasteiger partial charge is 0.491 e. The number of aryl methyl sites for hydroxylation is 2. The van der Waals surface area contributed by atoms with E-state index in [0.29, 0.717) is 29.5 Å². The van der Waals surface area contributed by atoms with Gasteiger partial charge in [0.1, 0.15) is 12.4 Å². The van der Waals surface area contributed by atoms with Crippen LogP contribution in [0.25, 0.3) is 11.1 Å². The van der Waals surface area contributed by atoms with Gasteiger partial charge in [-0.15, -0.1) is 0 Å². The van der Waals surface area contributed by atoms with Gasteiger partial charge >= 0.3 is 0 Å². The molecule has 4 rings (SSSR count). The molecule has 2 unspecified atom stereocenters. The number of imidazole rings is 1. The fraction of sp³-hybridized carbons (Fsp3) is 0.421. The van der Waals surface area contributed by atoms with Crippen molar-refractivity contribution in [3.63, 3.8) is 0 Å². The van der Waals surface area contributed by atoms with Crippen molar-refractivity contribution >= 4 is 33.2 Å². The maximum atomic E-state index is 13.3. The molecule has 0 aliphatic carbocycles. The van der Waals surface area contributed by atoms with E-state index >= 15 is 0 Å². The van der Waals surface area contributed by atoms with Crippen LogP contribution in [0.2, 0.25) is 0 Å². The summed E-state index contributed by atoms with van der Waals surface area (Å²) in [5.74, 6) is 0.829. The number of carbonyl (C=O) groups excluding carboxylic acids is 1. The van der Waals surface area contributed by atoms with Crippen LogP contribution in [-0.4, -0.2) is 48.9 Å². The van der Waals surface area contributed by atoms with E-state index in [2.05, 4.69) is 23.3 Å². The minimum Gasteiger partial charge on any atom is -0.491 e. The van der Waals surface area contributed by atoms with E-state index in [0.717, 1.165) is 64.7 Å². The van der Waals surface area contributed by atoms with Crippen molar-refractivity contribution in [1.29, 1.82) is 0 Å². The molecule has 10 heteroatoms. The van der Waals surface area contributed by atoms with E-state index in [9.17, 15) is 13.2 Å². The number of hydrogen-bond acceptors (Lipinski definition) is 6. The van der Waals surface area contributed by atoms with Crippen molar-refractivity contribution in [2.45, 2.75) is 94.1 Å². The molecule has 258 valence electrons. The van der Waals surface area contributed by atoms with Crippen LogP contribution in [0.3, 0.4) is 0 Å². The Morgan fingerprint density at radius 2 is 1.62 bits per heavy atom. The number of rotatable bonds is 18. The van der Waals surface area contributed by atoms with Gasteiger partial charge in [-0.2, -0.15) is 0 Å². The highest BCUT2D eigenvalue weighted by Crippen LogP contribution is 2.33. The molecule has 1 N–H and O–H groups in total. The van der Waals surface area contributed by atoms with Gasteiger partial charge in [0, 0.05) is 40.3 Å². The van der Waals surface area contributed by atoms with E-state index in [1.807, 2.05) is 75.6 Å². The zero-order valence-corrected chi connectivity index (χ0v) is 30.6. The molecular formula is C38H49N3O5S2. The summed E-state index contributed by atoms with van der Waals surface area (Å²) in [7, 11) is -2.46. The smallest absolute Gasteiger partial charge is 0.224 e. The van der Waals surface area contributed by atoms with Crippen molar-refractivity contribution < 1.29 is 22.7 Å². The highest BCUT2D eigenvalue weighted by atomic mass is 32.2. The Bertz CT molecular complexity index is 1680. The number of nitrogens with one attached hydrogen (secondary N) is 1. The monoisotopic (exact) mass is 691 g/mol. The van der Waals surface area contributed by atoms with Crippen molar-refractivity contribution in [3.05, 3.63) is 90.0 Å². The Morgan fingerprint density at radius 3 is 2.29 bits per heavy atom. The number of hydrogen-bond donors (Lipinski definition) is 1. The maximum absolute atomic E-state index is 13.3. The molecular weight excluding hydrogens is 643 g/mol. The van der Waals surface area contributed by atoms with E-state index in [1.54, 1.807) is 30.6 Å². The first-order valence-corrected chi connectivity index (χ1v) is 19.3. The lowest BCUT2D eigenvalue weighted by atomic mass is 9.93. The number of ether oxygens (including phenoxy) is 2. The number of benzene rings is 3. The number of anilines is 1. The number of carbonyl (C=O) groups is 1. The number of amides is 1. The fourth-order valence-electron chi connectivity index (χ4n) is 5.33. The summed E-state index contributed by atoms with van der Waals surface area (Å²) in [6.07, 6.45) is 4.16. The van der Waals surface area contributed by atoms with Crippen LogP contribution in [0.15, 0.2) is 82.8 Å². The summed E-state index contributed by atoms with van der Waals surface area (Å²) >= 11 is 0. The average Bonchev–Trinajstić information content (AvgIpc) is 3.44. The minimum atomic E-state index is -1.24. The molecule has 0 saturated heterocycles. The second-order valence-electron chi connectivity index (χ2n) is 12.2. The first kappa shape index (κ1) is 37.2. The molecule has 0 fully saturated rings. The molecule has 3 atom stereocenters. The van der Waals surface area contributed by atoms with E-state index < -0.39 is 21.6 Å². The molecule has 48 heavy (non-hydrogen) atoms. The molecule has 1 aromatic heterocycles. The third-order valence-corrected chi connectivity index (χ3v) is 11.2. The normalized spacial score (nSPS) is 13.3. The van der Waals surface area contributed by atoms with Crippen LogP contribution in [0.1, 0.15) is 76.8 Å². The quantitative estimate of drug-likeness (QED) is 0.106. The number of nitrogens with zero attached hydrogens (tertiary/aromatic N) is 2. The molecule has 0 radical (unpaired) electrons. The van der Waals surface area contributed by atoms with Gasteiger partial charge in [-0.1, -0.05) is 52.3 Å². The summed E-state index contributed by atoms with van der Waals surface area (Å²) in [5, 5.41) is 2.92. The maximum Gasteiger partial charge on any atom is 0.224 e. The lowest BCUT2D eigenvalue weighted by Crippen LogP contribution is -2.16. The van der Waals surface area contributed by atoms with E-state index in [4.69, 9.17) is 9.47 Å². The lowest BCUT2D eigenvalue weighted by molar-refractivity contribution is -0.116. The lowest BCUT2D eigenvalue weighted by Gasteiger charge is -2.19. The number of aromatic nitrogens is 2. The van der Waals surface area contributed by atoms with Crippen LogP contribution >= 0.6 is 0 Å². The standard InChI is InChI=1S/C38H49N3O5S2/c1-7-9-20-45-21-22-46-33-15-10-30(11-16-33)31-12-19-37(48(44)27(3)4)35(24-31)28(5)23-38(42)40-32-13-17-34(18-14-32)47(43)25-36-29(6)39-26-41(36)8-2/h10-19,24,26-28H,7-9,20-23,25H2,1-6H3,(H,40,42)/t28?,47-,48?/m1/s1. The molecule has 8 nitrogen and oxygen atoms in total. The van der Waals surface area contributed by atoms with Crippen LogP contribution < -0.4 is 10.1 Å². The van der Waals surface area contributed by atoms with Crippen LogP contribution in [0.4, 0.5) is 5.69 Å². The van der Waals surface area contributed by atoms with Gasteiger partial charge in [0.25, 0.3) is 0 Å². The Kier molecular flexibility index (Phi) is 14.1. The first-order chi connectivity index (χ1) is 23.1. The molecule has 0 saturated carbocycles. The van der Waals surface area contributed by atoms with Gasteiger partial charge in [0.05, 0.1) is 51.7 Å². The molecule has 4 aromatic rings. The van der Waals surface area contributed by atoms with Gasteiger partial charge in [-0.05, 0) is 91.4 Å². The second kappa shape index (κ2) is 18.2. The molecule has 1 amide bonds. The topological polar surface area (TPSA) is 99.5 Å². The predicted octanol–water partition coefficient (Wildman–Crippen LogP) is 8.03. The summed E-state index contributed by atoms with van der Waals surface area (Å²) in [6, 6.07) is 21.1. The minimum absolute atomic E-state index is 0.0616. The molecule has 1 heterocycles. The van der Waals surface area contributed by atoms with Crippen LogP contribution in [0, 0.1) is 6.92 Å². The zero-order valence-electron chi connectivity index (χ0n) is 29.0. The van der Waals surface area contributed by atoms with Gasteiger partial charge in [-0.3, -0.25) is 13.2 Å². The SMILES string of the molecule is CCCCOCCOc1ccc(-c2ccc(S(=O)C(C)C)c(C(C)CC(=O)Nc3ccc([S@](=O)Cc4c(C)ncn4CC)cc3)c2)cc1. The molecule has 0 spiro atoms.